The molecule has 3 heteroatoms. The van der Waals surface area contributed by atoms with Crippen molar-refractivity contribution in [3.8, 4) is 11.8 Å². The molecule has 0 unspecified atom stereocenters. The Morgan fingerprint density at radius 3 is 3.00 bits per heavy atom. The zero-order valence-electron chi connectivity index (χ0n) is 8.45. The first-order valence-corrected chi connectivity index (χ1v) is 5.09. The molecule has 0 aromatic carbocycles. The normalized spacial score (nSPS) is 23.8. The number of rotatable bonds is 5. The van der Waals surface area contributed by atoms with Gasteiger partial charge in [0.05, 0.1) is 6.10 Å². The highest BCUT2D eigenvalue weighted by molar-refractivity contribution is 5.66. The average molecular weight is 196 g/mol. The van der Waals surface area contributed by atoms with Crippen LogP contribution in [-0.4, -0.2) is 23.3 Å². The standard InChI is InChI=1S/C11H16O3/c1-2-3-4-6-9-10(14-9)7-5-8-11(12)13/h9-10H,2-3,5,7-8H2,1H3,(H,12,13)/t9-,10-/m0/s1. The van der Waals surface area contributed by atoms with E-state index in [1.54, 1.807) is 0 Å². The third-order valence-electron chi connectivity index (χ3n) is 2.08. The zero-order chi connectivity index (χ0) is 10.4. The van der Waals surface area contributed by atoms with Crippen LogP contribution in [0.15, 0.2) is 0 Å². The maximum atomic E-state index is 10.2. The van der Waals surface area contributed by atoms with Gasteiger partial charge in [-0.05, 0) is 19.3 Å². The molecular weight excluding hydrogens is 180 g/mol. The Balaban J connectivity index is 2.03. The fourth-order valence-corrected chi connectivity index (χ4v) is 1.24. The van der Waals surface area contributed by atoms with Gasteiger partial charge in [0.25, 0.3) is 0 Å². The van der Waals surface area contributed by atoms with Crippen LogP contribution in [0.3, 0.4) is 0 Å². The van der Waals surface area contributed by atoms with Crippen LogP contribution < -0.4 is 0 Å². The summed E-state index contributed by atoms with van der Waals surface area (Å²) in [5, 5.41) is 8.42. The fraction of sp³-hybridized carbons (Fsp3) is 0.727. The molecule has 0 bridgehead atoms. The van der Waals surface area contributed by atoms with Crippen LogP contribution in [0.4, 0.5) is 0 Å². The van der Waals surface area contributed by atoms with E-state index in [0.717, 1.165) is 19.3 Å². The van der Waals surface area contributed by atoms with E-state index in [4.69, 9.17) is 9.84 Å². The Morgan fingerprint density at radius 1 is 1.57 bits per heavy atom. The van der Waals surface area contributed by atoms with Crippen LogP contribution in [0.2, 0.25) is 0 Å². The highest BCUT2D eigenvalue weighted by Gasteiger charge is 2.36. The minimum Gasteiger partial charge on any atom is -0.481 e. The molecule has 1 N–H and O–H groups in total. The third-order valence-corrected chi connectivity index (χ3v) is 2.08. The van der Waals surface area contributed by atoms with Crippen LogP contribution >= 0.6 is 0 Å². The molecule has 78 valence electrons. The third kappa shape index (κ3) is 4.29. The maximum absolute atomic E-state index is 10.2. The molecule has 0 aliphatic carbocycles. The molecule has 0 saturated carbocycles. The summed E-state index contributed by atoms with van der Waals surface area (Å²) in [5.41, 5.74) is 0. The lowest BCUT2D eigenvalue weighted by molar-refractivity contribution is -0.137. The molecule has 0 spiro atoms. The predicted molar refractivity (Wildman–Crippen MR) is 52.8 cm³/mol. The second kappa shape index (κ2) is 5.66. The smallest absolute Gasteiger partial charge is 0.303 e. The lowest BCUT2D eigenvalue weighted by Crippen LogP contribution is -1.97. The van der Waals surface area contributed by atoms with Crippen LogP contribution in [0, 0.1) is 11.8 Å². The van der Waals surface area contributed by atoms with Crippen molar-refractivity contribution in [3.05, 3.63) is 0 Å². The van der Waals surface area contributed by atoms with Crippen molar-refractivity contribution < 1.29 is 14.6 Å². The van der Waals surface area contributed by atoms with Crippen molar-refractivity contribution in [1.29, 1.82) is 0 Å². The van der Waals surface area contributed by atoms with E-state index < -0.39 is 5.97 Å². The summed E-state index contributed by atoms with van der Waals surface area (Å²) in [6, 6.07) is 0. The molecule has 0 aromatic rings. The molecule has 3 nitrogen and oxygen atoms in total. The minimum atomic E-state index is -0.737. The first-order chi connectivity index (χ1) is 6.74. The highest BCUT2D eigenvalue weighted by Crippen LogP contribution is 2.26. The Hall–Kier alpha value is -1.01. The Bertz CT molecular complexity index is 249. The molecule has 0 amide bonds. The zero-order valence-corrected chi connectivity index (χ0v) is 8.45. The van der Waals surface area contributed by atoms with Crippen molar-refractivity contribution >= 4 is 5.97 Å². The summed E-state index contributed by atoms with van der Waals surface area (Å²) in [6.45, 7) is 2.09. The predicted octanol–water partition coefficient (Wildman–Crippen LogP) is 1.81. The van der Waals surface area contributed by atoms with Gasteiger partial charge in [-0.2, -0.15) is 0 Å². The molecule has 1 rings (SSSR count). The van der Waals surface area contributed by atoms with Crippen LogP contribution in [-0.2, 0) is 9.53 Å². The highest BCUT2D eigenvalue weighted by atomic mass is 16.6. The minimum absolute atomic E-state index is 0.0790. The SMILES string of the molecule is CCCC#C[C@@H]1O[C@H]1CCCC(=O)O. The number of carboxylic acids is 1. The van der Waals surface area contributed by atoms with Crippen molar-refractivity contribution in [2.45, 2.75) is 51.2 Å². The number of carboxylic acid groups (broad SMARTS) is 1. The molecule has 1 saturated heterocycles. The molecular formula is C11H16O3. The first kappa shape index (κ1) is 11.1. The molecule has 0 radical (unpaired) electrons. The fourth-order valence-electron chi connectivity index (χ4n) is 1.24. The largest absolute Gasteiger partial charge is 0.481 e. The van der Waals surface area contributed by atoms with Crippen molar-refractivity contribution in [2.75, 3.05) is 0 Å². The molecule has 14 heavy (non-hydrogen) atoms. The topological polar surface area (TPSA) is 49.8 Å². The van der Waals surface area contributed by atoms with Gasteiger partial charge in [0.1, 0.15) is 6.10 Å². The number of unbranched alkanes of at least 4 members (excludes halogenated alkanes) is 1. The molecule has 1 fully saturated rings. The summed E-state index contributed by atoms with van der Waals surface area (Å²) in [6.07, 6.45) is 4.00. The summed E-state index contributed by atoms with van der Waals surface area (Å²) < 4.78 is 5.28. The number of hydrogen-bond acceptors (Lipinski definition) is 2. The number of aliphatic carboxylic acids is 1. The first-order valence-electron chi connectivity index (χ1n) is 5.09. The Kier molecular flexibility index (Phi) is 4.48. The number of carbonyl (C=O) groups is 1. The second-order valence-corrected chi connectivity index (χ2v) is 3.45. The summed E-state index contributed by atoms with van der Waals surface area (Å²) in [7, 11) is 0. The molecule has 1 heterocycles. The number of epoxide rings is 1. The van der Waals surface area contributed by atoms with E-state index in [2.05, 4.69) is 18.8 Å². The van der Waals surface area contributed by atoms with Crippen molar-refractivity contribution in [2.24, 2.45) is 0 Å². The summed E-state index contributed by atoms with van der Waals surface area (Å²) >= 11 is 0. The van der Waals surface area contributed by atoms with Gasteiger partial charge in [-0.3, -0.25) is 4.79 Å². The van der Waals surface area contributed by atoms with Crippen LogP contribution in [0.1, 0.15) is 39.0 Å². The van der Waals surface area contributed by atoms with Crippen molar-refractivity contribution in [3.63, 3.8) is 0 Å². The van der Waals surface area contributed by atoms with Gasteiger partial charge in [-0.15, -0.1) is 5.92 Å². The Labute approximate surface area is 84.5 Å². The van der Waals surface area contributed by atoms with Crippen LogP contribution in [0.25, 0.3) is 0 Å². The van der Waals surface area contributed by atoms with Gasteiger partial charge in [0.2, 0.25) is 0 Å². The second-order valence-electron chi connectivity index (χ2n) is 3.45. The van der Waals surface area contributed by atoms with Gasteiger partial charge >= 0.3 is 5.97 Å². The van der Waals surface area contributed by atoms with Gasteiger partial charge < -0.3 is 9.84 Å². The lowest BCUT2D eigenvalue weighted by Gasteiger charge is -1.90. The molecule has 1 aliphatic heterocycles. The Morgan fingerprint density at radius 2 is 2.36 bits per heavy atom. The maximum Gasteiger partial charge on any atom is 0.303 e. The monoisotopic (exact) mass is 196 g/mol. The van der Waals surface area contributed by atoms with Gasteiger partial charge in [0, 0.05) is 12.8 Å². The molecule has 2 atom stereocenters. The van der Waals surface area contributed by atoms with Crippen molar-refractivity contribution in [1.82, 2.24) is 0 Å². The van der Waals surface area contributed by atoms with E-state index in [1.807, 2.05) is 0 Å². The number of ether oxygens (including phenoxy) is 1. The van der Waals surface area contributed by atoms with E-state index in [-0.39, 0.29) is 18.6 Å². The van der Waals surface area contributed by atoms with Gasteiger partial charge in [-0.1, -0.05) is 12.8 Å². The van der Waals surface area contributed by atoms with E-state index >= 15 is 0 Å². The van der Waals surface area contributed by atoms with E-state index in [0.29, 0.717) is 6.42 Å². The lowest BCUT2D eigenvalue weighted by atomic mass is 10.1. The van der Waals surface area contributed by atoms with E-state index in [1.165, 1.54) is 0 Å². The summed E-state index contributed by atoms with van der Waals surface area (Å²) in [4.78, 5) is 10.2. The molecule has 0 aromatic heterocycles. The molecule has 1 aliphatic rings. The van der Waals surface area contributed by atoms with Gasteiger partial charge in [0.15, 0.2) is 0 Å². The summed E-state index contributed by atoms with van der Waals surface area (Å²) in [5.74, 6) is 5.32. The quantitative estimate of drug-likeness (QED) is 0.539. The van der Waals surface area contributed by atoms with E-state index in [9.17, 15) is 4.79 Å². The average Bonchev–Trinajstić information content (AvgIpc) is 2.84. The van der Waals surface area contributed by atoms with Crippen LogP contribution in [0.5, 0.6) is 0 Å². The number of hydrogen-bond donors (Lipinski definition) is 1. The van der Waals surface area contributed by atoms with Gasteiger partial charge in [-0.25, -0.2) is 0 Å².